The van der Waals surface area contributed by atoms with Crippen molar-refractivity contribution in [2.24, 2.45) is 0 Å². The van der Waals surface area contributed by atoms with Gasteiger partial charge in [0.05, 0.1) is 6.04 Å². The summed E-state index contributed by atoms with van der Waals surface area (Å²) in [6.07, 6.45) is 0. The summed E-state index contributed by atoms with van der Waals surface area (Å²) in [4.78, 5) is 0. The fourth-order valence-corrected chi connectivity index (χ4v) is 2.50. The Bertz CT molecular complexity index is 524. The van der Waals surface area contributed by atoms with Gasteiger partial charge in [0.25, 0.3) is 0 Å². The van der Waals surface area contributed by atoms with Gasteiger partial charge < -0.3 is 5.32 Å². The first-order chi connectivity index (χ1) is 8.11. The molecule has 0 bridgehead atoms. The topological polar surface area (TPSA) is 37.8 Å². The molecular weight excluding hydrogens is 237 g/mol. The third kappa shape index (κ3) is 2.50. The zero-order valence-corrected chi connectivity index (χ0v) is 10.8. The average molecular weight is 251 g/mol. The van der Waals surface area contributed by atoms with E-state index in [-0.39, 0.29) is 11.9 Å². The standard InChI is InChI=1S/C12H14FN3S/c1-7-6-9(13)4-5-10(7)12-16-15-11(17-12)8(2)14-3/h4-6,8,14H,1-3H3. The van der Waals surface area contributed by atoms with Crippen LogP contribution in [0.1, 0.15) is 23.5 Å². The van der Waals surface area contributed by atoms with Crippen LogP contribution in [0, 0.1) is 12.7 Å². The Balaban J connectivity index is 2.37. The second kappa shape index (κ2) is 4.89. The predicted octanol–water partition coefficient (Wildman–Crippen LogP) is 2.93. The summed E-state index contributed by atoms with van der Waals surface area (Å²) >= 11 is 1.53. The van der Waals surface area contributed by atoms with Crippen LogP contribution in [0.15, 0.2) is 18.2 Å². The summed E-state index contributed by atoms with van der Waals surface area (Å²) in [6.45, 7) is 3.91. The number of aromatic nitrogens is 2. The molecule has 0 fully saturated rings. The van der Waals surface area contributed by atoms with Crippen molar-refractivity contribution in [1.82, 2.24) is 15.5 Å². The molecule has 1 heterocycles. The normalized spacial score (nSPS) is 12.7. The van der Waals surface area contributed by atoms with E-state index in [1.807, 2.05) is 20.9 Å². The zero-order chi connectivity index (χ0) is 12.4. The van der Waals surface area contributed by atoms with E-state index in [0.717, 1.165) is 21.1 Å². The third-order valence-electron chi connectivity index (χ3n) is 2.66. The number of benzene rings is 1. The lowest BCUT2D eigenvalue weighted by atomic mass is 10.1. The van der Waals surface area contributed by atoms with E-state index < -0.39 is 0 Å². The lowest BCUT2D eigenvalue weighted by molar-refractivity contribution is 0.627. The lowest BCUT2D eigenvalue weighted by Gasteiger charge is -2.03. The van der Waals surface area contributed by atoms with E-state index in [9.17, 15) is 4.39 Å². The maximum absolute atomic E-state index is 13.0. The highest BCUT2D eigenvalue weighted by Gasteiger charge is 2.12. The van der Waals surface area contributed by atoms with Gasteiger partial charge in [-0.15, -0.1) is 10.2 Å². The van der Waals surface area contributed by atoms with Crippen molar-refractivity contribution in [1.29, 1.82) is 0 Å². The second-order valence-corrected chi connectivity index (χ2v) is 4.92. The van der Waals surface area contributed by atoms with Crippen molar-refractivity contribution in [3.63, 3.8) is 0 Å². The van der Waals surface area contributed by atoms with Crippen LogP contribution in [0.2, 0.25) is 0 Å². The van der Waals surface area contributed by atoms with Crippen molar-refractivity contribution < 1.29 is 4.39 Å². The number of nitrogens with one attached hydrogen (secondary N) is 1. The average Bonchev–Trinajstić information content (AvgIpc) is 2.77. The summed E-state index contributed by atoms with van der Waals surface area (Å²) in [5, 5.41) is 13.2. The second-order valence-electron chi connectivity index (χ2n) is 3.92. The molecule has 0 aliphatic carbocycles. The number of hydrogen-bond donors (Lipinski definition) is 1. The lowest BCUT2D eigenvalue weighted by Crippen LogP contribution is -2.11. The van der Waals surface area contributed by atoms with Crippen LogP contribution in [0.5, 0.6) is 0 Å². The fourth-order valence-electron chi connectivity index (χ4n) is 1.51. The van der Waals surface area contributed by atoms with Crippen LogP contribution >= 0.6 is 11.3 Å². The van der Waals surface area contributed by atoms with Crippen molar-refractivity contribution in [2.75, 3.05) is 7.05 Å². The van der Waals surface area contributed by atoms with Crippen molar-refractivity contribution in [3.05, 3.63) is 34.6 Å². The van der Waals surface area contributed by atoms with Crippen LogP contribution in [0.4, 0.5) is 4.39 Å². The molecule has 0 radical (unpaired) electrons. The molecule has 0 saturated heterocycles. The summed E-state index contributed by atoms with van der Waals surface area (Å²) in [5.74, 6) is -0.223. The largest absolute Gasteiger partial charge is 0.311 e. The van der Waals surface area contributed by atoms with Crippen molar-refractivity contribution in [3.8, 4) is 10.6 Å². The molecule has 1 aromatic carbocycles. The molecule has 0 spiro atoms. The molecule has 0 saturated carbocycles. The van der Waals surface area contributed by atoms with E-state index in [1.54, 1.807) is 6.07 Å². The molecule has 2 rings (SSSR count). The van der Waals surface area contributed by atoms with Gasteiger partial charge in [0.1, 0.15) is 15.8 Å². The molecule has 5 heteroatoms. The van der Waals surface area contributed by atoms with Gasteiger partial charge in [-0.3, -0.25) is 0 Å². The quantitative estimate of drug-likeness (QED) is 0.911. The monoisotopic (exact) mass is 251 g/mol. The first-order valence-corrected chi connectivity index (χ1v) is 6.20. The Labute approximate surface area is 104 Å². The summed E-state index contributed by atoms with van der Waals surface area (Å²) in [6, 6.07) is 4.89. The molecule has 90 valence electrons. The van der Waals surface area contributed by atoms with Gasteiger partial charge >= 0.3 is 0 Å². The Hall–Kier alpha value is -1.33. The van der Waals surface area contributed by atoms with Crippen LogP contribution in [-0.4, -0.2) is 17.2 Å². The highest BCUT2D eigenvalue weighted by atomic mass is 32.1. The van der Waals surface area contributed by atoms with Crippen molar-refractivity contribution in [2.45, 2.75) is 19.9 Å². The van der Waals surface area contributed by atoms with Gasteiger partial charge in [-0.1, -0.05) is 11.3 Å². The molecule has 1 N–H and O–H groups in total. The van der Waals surface area contributed by atoms with Crippen molar-refractivity contribution >= 4 is 11.3 Å². The smallest absolute Gasteiger partial charge is 0.148 e. The van der Waals surface area contributed by atoms with Gasteiger partial charge in [-0.05, 0) is 44.7 Å². The van der Waals surface area contributed by atoms with Gasteiger partial charge in [0.2, 0.25) is 0 Å². The highest BCUT2D eigenvalue weighted by Crippen LogP contribution is 2.29. The maximum Gasteiger partial charge on any atom is 0.148 e. The number of aryl methyl sites for hydroxylation is 1. The number of halogens is 1. The van der Waals surface area contributed by atoms with E-state index in [4.69, 9.17) is 0 Å². The Morgan fingerprint density at radius 3 is 2.76 bits per heavy atom. The minimum atomic E-state index is -0.223. The van der Waals surface area contributed by atoms with Crippen LogP contribution < -0.4 is 5.32 Å². The molecule has 2 aromatic rings. The molecule has 17 heavy (non-hydrogen) atoms. The molecule has 1 aromatic heterocycles. The minimum absolute atomic E-state index is 0.182. The fraction of sp³-hybridized carbons (Fsp3) is 0.333. The zero-order valence-electron chi connectivity index (χ0n) is 9.99. The molecule has 1 atom stereocenters. The molecule has 0 aliphatic rings. The van der Waals surface area contributed by atoms with Crippen LogP contribution in [-0.2, 0) is 0 Å². The van der Waals surface area contributed by atoms with Gasteiger partial charge in [0, 0.05) is 5.56 Å². The Kier molecular flexibility index (Phi) is 3.49. The molecule has 0 amide bonds. The number of nitrogens with zero attached hydrogens (tertiary/aromatic N) is 2. The van der Waals surface area contributed by atoms with Gasteiger partial charge in [-0.2, -0.15) is 0 Å². The summed E-state index contributed by atoms with van der Waals surface area (Å²) < 4.78 is 13.0. The van der Waals surface area contributed by atoms with Gasteiger partial charge in [0.15, 0.2) is 0 Å². The first-order valence-electron chi connectivity index (χ1n) is 5.39. The SMILES string of the molecule is CNC(C)c1nnc(-c2ccc(F)cc2C)s1. The summed E-state index contributed by atoms with van der Waals surface area (Å²) in [5.41, 5.74) is 1.82. The Morgan fingerprint density at radius 1 is 1.35 bits per heavy atom. The minimum Gasteiger partial charge on any atom is -0.311 e. The third-order valence-corrected chi connectivity index (χ3v) is 3.80. The number of hydrogen-bond acceptors (Lipinski definition) is 4. The van der Waals surface area contributed by atoms with E-state index >= 15 is 0 Å². The molecular formula is C12H14FN3S. The Morgan fingerprint density at radius 2 is 2.12 bits per heavy atom. The molecule has 0 aliphatic heterocycles. The molecule has 3 nitrogen and oxygen atoms in total. The predicted molar refractivity (Wildman–Crippen MR) is 67.5 cm³/mol. The molecule has 1 unspecified atom stereocenters. The first kappa shape index (κ1) is 12.1. The van der Waals surface area contributed by atoms with E-state index in [1.165, 1.54) is 23.5 Å². The number of rotatable bonds is 3. The highest BCUT2D eigenvalue weighted by molar-refractivity contribution is 7.14. The van der Waals surface area contributed by atoms with Crippen LogP contribution in [0.25, 0.3) is 10.6 Å². The maximum atomic E-state index is 13.0. The van der Waals surface area contributed by atoms with E-state index in [2.05, 4.69) is 15.5 Å². The van der Waals surface area contributed by atoms with E-state index in [0.29, 0.717) is 0 Å². The van der Waals surface area contributed by atoms with Gasteiger partial charge in [-0.25, -0.2) is 4.39 Å². The van der Waals surface area contributed by atoms with Crippen LogP contribution in [0.3, 0.4) is 0 Å². The summed E-state index contributed by atoms with van der Waals surface area (Å²) in [7, 11) is 1.88.